The van der Waals surface area contributed by atoms with E-state index in [0.29, 0.717) is 23.6 Å². The Morgan fingerprint density at radius 3 is 2.74 bits per heavy atom. The van der Waals surface area contributed by atoms with E-state index in [4.69, 9.17) is 4.74 Å². The van der Waals surface area contributed by atoms with E-state index in [1.807, 2.05) is 0 Å². The summed E-state index contributed by atoms with van der Waals surface area (Å²) in [5.41, 5.74) is 1.15. The number of carbonyl (C=O) groups is 2. The maximum absolute atomic E-state index is 12.3. The summed E-state index contributed by atoms with van der Waals surface area (Å²) in [6.45, 7) is 0.535. The van der Waals surface area contributed by atoms with Crippen LogP contribution < -0.4 is 10.6 Å². The zero-order valence-corrected chi connectivity index (χ0v) is 13.7. The Hall–Kier alpha value is -1.95. The lowest BCUT2D eigenvalue weighted by molar-refractivity contribution is -0.116. The van der Waals surface area contributed by atoms with Crippen LogP contribution in [0, 0.1) is 0 Å². The van der Waals surface area contributed by atoms with E-state index in [1.165, 1.54) is 12.8 Å². The SMILES string of the molecule is O=C(Nc1cccc(C(=O)NC2CCCC2)c1)C1=CSCCO1. The van der Waals surface area contributed by atoms with Crippen molar-refractivity contribution in [1.29, 1.82) is 0 Å². The third-order valence-corrected chi connectivity index (χ3v) is 4.73. The first kappa shape index (κ1) is 15.9. The summed E-state index contributed by atoms with van der Waals surface area (Å²) in [5.74, 6) is 0.803. The maximum atomic E-state index is 12.3. The average Bonchev–Trinajstić information content (AvgIpc) is 3.09. The summed E-state index contributed by atoms with van der Waals surface area (Å²) in [6.07, 6.45) is 4.44. The second-order valence-corrected chi connectivity index (χ2v) is 6.67. The Morgan fingerprint density at radius 2 is 2.00 bits per heavy atom. The minimum absolute atomic E-state index is 0.0864. The number of rotatable bonds is 4. The van der Waals surface area contributed by atoms with Gasteiger partial charge in [0.1, 0.15) is 0 Å². The van der Waals surface area contributed by atoms with Gasteiger partial charge in [-0.15, -0.1) is 11.8 Å². The highest BCUT2D eigenvalue weighted by Crippen LogP contribution is 2.20. The molecule has 2 aliphatic rings. The standard InChI is InChI=1S/C17H20N2O3S/c20-16(18-13-5-1-2-6-13)12-4-3-7-14(10-12)19-17(21)15-11-23-9-8-22-15/h3-4,7,10-11,13H,1-2,5-6,8-9H2,(H,18,20)(H,19,21). The second-order valence-electron chi connectivity index (χ2n) is 5.69. The van der Waals surface area contributed by atoms with Gasteiger partial charge in [-0.05, 0) is 31.0 Å². The van der Waals surface area contributed by atoms with E-state index < -0.39 is 0 Å². The van der Waals surface area contributed by atoms with Crippen LogP contribution in [0.5, 0.6) is 0 Å². The van der Waals surface area contributed by atoms with Gasteiger partial charge < -0.3 is 15.4 Å². The van der Waals surface area contributed by atoms with Crippen molar-refractivity contribution in [1.82, 2.24) is 5.32 Å². The van der Waals surface area contributed by atoms with E-state index in [0.717, 1.165) is 18.6 Å². The quantitative estimate of drug-likeness (QED) is 0.890. The molecule has 1 saturated carbocycles. The van der Waals surface area contributed by atoms with E-state index in [2.05, 4.69) is 10.6 Å². The van der Waals surface area contributed by atoms with Gasteiger partial charge in [-0.1, -0.05) is 18.9 Å². The van der Waals surface area contributed by atoms with Gasteiger partial charge in [0.2, 0.25) is 0 Å². The van der Waals surface area contributed by atoms with Crippen molar-refractivity contribution in [2.75, 3.05) is 17.7 Å². The number of hydrogen-bond donors (Lipinski definition) is 2. The van der Waals surface area contributed by atoms with Crippen LogP contribution >= 0.6 is 11.8 Å². The third-order valence-electron chi connectivity index (χ3n) is 3.95. The predicted octanol–water partition coefficient (Wildman–Crippen LogP) is 2.90. The molecule has 1 aliphatic heterocycles. The molecule has 23 heavy (non-hydrogen) atoms. The fourth-order valence-corrected chi connectivity index (χ4v) is 3.38. The van der Waals surface area contributed by atoms with Gasteiger partial charge in [-0.3, -0.25) is 9.59 Å². The fraction of sp³-hybridized carbons (Fsp3) is 0.412. The minimum atomic E-state index is -0.287. The maximum Gasteiger partial charge on any atom is 0.291 e. The summed E-state index contributed by atoms with van der Waals surface area (Å²) in [7, 11) is 0. The van der Waals surface area contributed by atoms with E-state index >= 15 is 0 Å². The molecule has 0 unspecified atom stereocenters. The molecule has 3 rings (SSSR count). The normalized spacial score (nSPS) is 18.0. The number of benzene rings is 1. The van der Waals surface area contributed by atoms with Crippen LogP contribution in [-0.4, -0.2) is 30.2 Å². The highest BCUT2D eigenvalue weighted by atomic mass is 32.2. The first-order chi connectivity index (χ1) is 11.2. The highest BCUT2D eigenvalue weighted by Gasteiger charge is 2.19. The monoisotopic (exact) mass is 332 g/mol. The summed E-state index contributed by atoms with van der Waals surface area (Å²) < 4.78 is 5.33. The Bertz CT molecular complexity index is 624. The number of ether oxygens (including phenoxy) is 1. The zero-order chi connectivity index (χ0) is 16.1. The van der Waals surface area contributed by atoms with Crippen LogP contribution in [0.1, 0.15) is 36.0 Å². The Kier molecular flexibility index (Phi) is 5.23. The lowest BCUT2D eigenvalue weighted by Gasteiger charge is -2.15. The number of thioether (sulfide) groups is 1. The summed E-state index contributed by atoms with van der Waals surface area (Å²) in [5, 5.41) is 7.54. The highest BCUT2D eigenvalue weighted by molar-refractivity contribution is 8.02. The lowest BCUT2D eigenvalue weighted by atomic mass is 10.1. The van der Waals surface area contributed by atoms with Crippen molar-refractivity contribution >= 4 is 29.3 Å². The van der Waals surface area contributed by atoms with Crippen molar-refractivity contribution in [3.63, 3.8) is 0 Å². The summed E-state index contributed by atoms with van der Waals surface area (Å²) in [6, 6.07) is 7.26. The molecule has 2 amide bonds. The first-order valence-corrected chi connectivity index (χ1v) is 8.94. The summed E-state index contributed by atoms with van der Waals surface area (Å²) in [4.78, 5) is 24.4. The number of carbonyl (C=O) groups excluding carboxylic acids is 2. The lowest BCUT2D eigenvalue weighted by Crippen LogP contribution is -2.32. The molecule has 1 aliphatic carbocycles. The molecule has 0 atom stereocenters. The van der Waals surface area contributed by atoms with Gasteiger partial charge in [-0.25, -0.2) is 0 Å². The molecule has 0 bridgehead atoms. The number of hydrogen-bond acceptors (Lipinski definition) is 4. The van der Waals surface area contributed by atoms with Crippen molar-refractivity contribution < 1.29 is 14.3 Å². The molecule has 2 N–H and O–H groups in total. The van der Waals surface area contributed by atoms with Crippen LogP contribution in [0.4, 0.5) is 5.69 Å². The second kappa shape index (κ2) is 7.55. The van der Waals surface area contributed by atoms with Crippen molar-refractivity contribution in [3.8, 4) is 0 Å². The molecule has 0 radical (unpaired) electrons. The van der Waals surface area contributed by atoms with Crippen molar-refractivity contribution in [3.05, 3.63) is 41.0 Å². The Morgan fingerprint density at radius 1 is 1.17 bits per heavy atom. The average molecular weight is 332 g/mol. The smallest absolute Gasteiger partial charge is 0.291 e. The molecule has 1 heterocycles. The molecule has 5 nitrogen and oxygen atoms in total. The van der Waals surface area contributed by atoms with Crippen molar-refractivity contribution in [2.45, 2.75) is 31.7 Å². The molecule has 1 aromatic rings. The largest absolute Gasteiger partial charge is 0.487 e. The Labute approximate surface area is 139 Å². The van der Waals surface area contributed by atoms with Crippen LogP contribution in [-0.2, 0) is 9.53 Å². The molecule has 0 spiro atoms. The first-order valence-electron chi connectivity index (χ1n) is 7.89. The molecule has 0 saturated heterocycles. The molecular weight excluding hydrogens is 312 g/mol. The topological polar surface area (TPSA) is 67.4 Å². The molecule has 122 valence electrons. The van der Waals surface area contributed by atoms with E-state index in [-0.39, 0.29) is 17.9 Å². The predicted molar refractivity (Wildman–Crippen MR) is 91.3 cm³/mol. The van der Waals surface area contributed by atoms with Crippen LogP contribution in [0.2, 0.25) is 0 Å². The summed E-state index contributed by atoms with van der Waals surface area (Å²) >= 11 is 1.56. The van der Waals surface area contributed by atoms with Gasteiger partial charge in [-0.2, -0.15) is 0 Å². The fourth-order valence-electron chi connectivity index (χ4n) is 2.76. The minimum Gasteiger partial charge on any atom is -0.487 e. The van der Waals surface area contributed by atoms with Gasteiger partial charge in [0.25, 0.3) is 11.8 Å². The molecule has 6 heteroatoms. The van der Waals surface area contributed by atoms with Crippen LogP contribution in [0.25, 0.3) is 0 Å². The van der Waals surface area contributed by atoms with Crippen LogP contribution in [0.15, 0.2) is 35.4 Å². The molecule has 1 aromatic carbocycles. The number of amides is 2. The van der Waals surface area contributed by atoms with Gasteiger partial charge >= 0.3 is 0 Å². The number of nitrogens with one attached hydrogen (secondary N) is 2. The van der Waals surface area contributed by atoms with E-state index in [1.54, 1.807) is 41.4 Å². The van der Waals surface area contributed by atoms with Gasteiger partial charge in [0, 0.05) is 28.5 Å². The van der Waals surface area contributed by atoms with E-state index in [9.17, 15) is 9.59 Å². The van der Waals surface area contributed by atoms with Crippen molar-refractivity contribution in [2.24, 2.45) is 0 Å². The van der Waals surface area contributed by atoms with Gasteiger partial charge in [0.15, 0.2) is 5.76 Å². The molecular formula is C17H20N2O3S. The molecule has 1 fully saturated rings. The third kappa shape index (κ3) is 4.28. The number of anilines is 1. The van der Waals surface area contributed by atoms with Gasteiger partial charge in [0.05, 0.1) is 6.61 Å². The molecule has 0 aromatic heterocycles. The van der Waals surface area contributed by atoms with Crippen LogP contribution in [0.3, 0.4) is 0 Å². The zero-order valence-electron chi connectivity index (χ0n) is 12.8. The Balaban J connectivity index is 1.63.